The minimum Gasteiger partial charge on any atom is -0.378 e. The van der Waals surface area contributed by atoms with Crippen LogP contribution in [0.25, 0.3) is 0 Å². The van der Waals surface area contributed by atoms with Gasteiger partial charge in [0, 0.05) is 12.2 Å². The molecular formula is C10H14F3N3O. The number of morpholine rings is 1. The minimum absolute atomic E-state index is 0.125. The highest BCUT2D eigenvalue weighted by Gasteiger charge is 2.37. The molecule has 0 amide bonds. The third kappa shape index (κ3) is 2.61. The van der Waals surface area contributed by atoms with Crippen molar-refractivity contribution in [2.75, 3.05) is 19.8 Å². The van der Waals surface area contributed by atoms with Gasteiger partial charge in [0.05, 0.1) is 19.3 Å². The summed E-state index contributed by atoms with van der Waals surface area (Å²) in [6, 6.07) is -0.287. The number of aromatic nitrogens is 2. The standard InChI is InChI=1S/C10H14F3N3O/c1-2-6-8(10(11,12)13)16-9(15-6)7-5-17-4-3-14-7/h7,14H,2-5H2,1H3,(H,15,16). The minimum atomic E-state index is -4.41. The predicted molar refractivity (Wildman–Crippen MR) is 54.5 cm³/mol. The van der Waals surface area contributed by atoms with Crippen molar-refractivity contribution in [1.82, 2.24) is 15.3 Å². The van der Waals surface area contributed by atoms with Crippen molar-refractivity contribution >= 4 is 0 Å². The van der Waals surface area contributed by atoms with E-state index in [0.717, 1.165) is 0 Å². The van der Waals surface area contributed by atoms with Crippen LogP contribution in [0.4, 0.5) is 13.2 Å². The number of rotatable bonds is 2. The summed E-state index contributed by atoms with van der Waals surface area (Å²) in [5.41, 5.74) is -0.692. The molecule has 96 valence electrons. The number of hydrogen-bond acceptors (Lipinski definition) is 3. The molecule has 2 heterocycles. The Balaban J connectivity index is 2.27. The molecule has 0 bridgehead atoms. The van der Waals surface area contributed by atoms with Crippen LogP contribution in [-0.2, 0) is 17.3 Å². The van der Waals surface area contributed by atoms with Crippen molar-refractivity contribution in [3.63, 3.8) is 0 Å². The van der Waals surface area contributed by atoms with Gasteiger partial charge in [-0.1, -0.05) is 6.92 Å². The zero-order chi connectivity index (χ0) is 12.5. The fraction of sp³-hybridized carbons (Fsp3) is 0.700. The molecule has 1 aliphatic heterocycles. The van der Waals surface area contributed by atoms with Crippen LogP contribution in [0.2, 0.25) is 0 Å². The number of aromatic amines is 1. The Labute approximate surface area is 96.6 Å². The number of nitrogens with zero attached hydrogens (tertiary/aromatic N) is 1. The molecule has 2 rings (SSSR count). The highest BCUT2D eigenvalue weighted by Crippen LogP contribution is 2.31. The number of imidazole rings is 1. The van der Waals surface area contributed by atoms with Gasteiger partial charge in [0.25, 0.3) is 0 Å². The van der Waals surface area contributed by atoms with E-state index < -0.39 is 11.9 Å². The first-order valence-electron chi connectivity index (χ1n) is 5.49. The molecule has 0 aliphatic carbocycles. The molecule has 7 heteroatoms. The molecule has 0 saturated carbocycles. The zero-order valence-electron chi connectivity index (χ0n) is 9.40. The van der Waals surface area contributed by atoms with E-state index >= 15 is 0 Å². The van der Waals surface area contributed by atoms with Gasteiger partial charge in [-0.05, 0) is 6.42 Å². The van der Waals surface area contributed by atoms with Crippen LogP contribution in [0.5, 0.6) is 0 Å². The Bertz CT molecular complexity index is 383. The Kier molecular flexibility index (Phi) is 3.39. The third-order valence-corrected chi connectivity index (χ3v) is 2.67. The lowest BCUT2D eigenvalue weighted by Crippen LogP contribution is -2.35. The van der Waals surface area contributed by atoms with Crippen molar-refractivity contribution in [3.05, 3.63) is 17.2 Å². The highest BCUT2D eigenvalue weighted by molar-refractivity contribution is 5.19. The number of aryl methyl sites for hydroxylation is 1. The molecule has 0 radical (unpaired) electrons. The average Bonchev–Trinajstić information content (AvgIpc) is 2.74. The highest BCUT2D eigenvalue weighted by atomic mass is 19.4. The van der Waals surface area contributed by atoms with E-state index in [1.54, 1.807) is 6.92 Å². The van der Waals surface area contributed by atoms with Gasteiger partial charge in [0.2, 0.25) is 0 Å². The lowest BCUT2D eigenvalue weighted by molar-refractivity contribution is -0.141. The Morgan fingerprint density at radius 2 is 2.24 bits per heavy atom. The van der Waals surface area contributed by atoms with Gasteiger partial charge in [0.1, 0.15) is 5.82 Å². The first-order chi connectivity index (χ1) is 8.02. The maximum absolute atomic E-state index is 12.7. The Morgan fingerprint density at radius 1 is 1.47 bits per heavy atom. The normalized spacial score (nSPS) is 21.8. The molecule has 4 nitrogen and oxygen atoms in total. The number of hydrogen-bond donors (Lipinski definition) is 2. The van der Waals surface area contributed by atoms with Gasteiger partial charge in [-0.2, -0.15) is 13.2 Å². The second-order valence-corrected chi connectivity index (χ2v) is 3.88. The van der Waals surface area contributed by atoms with E-state index in [4.69, 9.17) is 4.74 Å². The topological polar surface area (TPSA) is 49.9 Å². The third-order valence-electron chi connectivity index (χ3n) is 2.67. The number of ether oxygens (including phenoxy) is 1. The fourth-order valence-electron chi connectivity index (χ4n) is 1.83. The first-order valence-corrected chi connectivity index (χ1v) is 5.49. The summed E-state index contributed by atoms with van der Waals surface area (Å²) in [4.78, 5) is 6.39. The van der Waals surface area contributed by atoms with Gasteiger partial charge in [-0.25, -0.2) is 4.98 Å². The van der Waals surface area contributed by atoms with Crippen molar-refractivity contribution in [2.24, 2.45) is 0 Å². The molecule has 0 spiro atoms. The summed E-state index contributed by atoms with van der Waals surface area (Å²) >= 11 is 0. The number of H-pyrrole nitrogens is 1. The summed E-state index contributed by atoms with van der Waals surface area (Å²) in [5, 5.41) is 3.07. The summed E-state index contributed by atoms with van der Waals surface area (Å²) in [6.45, 7) is 3.20. The van der Waals surface area contributed by atoms with Crippen LogP contribution in [0.3, 0.4) is 0 Å². The molecule has 1 atom stereocenters. The van der Waals surface area contributed by atoms with Gasteiger partial charge >= 0.3 is 6.18 Å². The van der Waals surface area contributed by atoms with Crippen LogP contribution in [0.15, 0.2) is 0 Å². The SMILES string of the molecule is CCc1[nH]c(C2COCCN2)nc1C(F)(F)F. The maximum Gasteiger partial charge on any atom is 0.435 e. The molecule has 1 unspecified atom stereocenters. The molecule has 1 aromatic heterocycles. The van der Waals surface area contributed by atoms with Crippen molar-refractivity contribution in [3.8, 4) is 0 Å². The smallest absolute Gasteiger partial charge is 0.378 e. The Morgan fingerprint density at radius 3 is 2.71 bits per heavy atom. The lowest BCUT2D eigenvalue weighted by atomic mass is 10.2. The molecule has 1 fully saturated rings. The molecular weight excluding hydrogens is 235 g/mol. The molecule has 1 saturated heterocycles. The molecule has 1 aromatic rings. The monoisotopic (exact) mass is 249 g/mol. The van der Waals surface area contributed by atoms with E-state index in [0.29, 0.717) is 25.6 Å². The second-order valence-electron chi connectivity index (χ2n) is 3.88. The molecule has 1 aliphatic rings. The summed E-state index contributed by atoms with van der Waals surface area (Å²) in [6.07, 6.45) is -4.13. The van der Waals surface area contributed by atoms with Crippen LogP contribution in [0.1, 0.15) is 30.2 Å². The number of alkyl halides is 3. The van der Waals surface area contributed by atoms with Gasteiger partial charge in [-0.15, -0.1) is 0 Å². The van der Waals surface area contributed by atoms with Crippen LogP contribution >= 0.6 is 0 Å². The van der Waals surface area contributed by atoms with Gasteiger partial charge in [0.15, 0.2) is 5.69 Å². The maximum atomic E-state index is 12.7. The Hall–Kier alpha value is -1.08. The van der Waals surface area contributed by atoms with Crippen molar-refractivity contribution in [1.29, 1.82) is 0 Å². The van der Waals surface area contributed by atoms with E-state index in [9.17, 15) is 13.2 Å². The number of nitrogens with one attached hydrogen (secondary N) is 2. The van der Waals surface area contributed by atoms with Gasteiger partial charge in [-0.3, -0.25) is 0 Å². The summed E-state index contributed by atoms with van der Waals surface area (Å²) in [7, 11) is 0. The predicted octanol–water partition coefficient (Wildman–Crippen LogP) is 1.65. The van der Waals surface area contributed by atoms with Crippen LogP contribution < -0.4 is 5.32 Å². The largest absolute Gasteiger partial charge is 0.435 e. The fourth-order valence-corrected chi connectivity index (χ4v) is 1.83. The summed E-state index contributed by atoms with van der Waals surface area (Å²) in [5.74, 6) is 0.300. The second kappa shape index (κ2) is 4.66. The van der Waals surface area contributed by atoms with E-state index in [-0.39, 0.29) is 18.2 Å². The number of halogens is 3. The van der Waals surface area contributed by atoms with E-state index in [1.165, 1.54) is 0 Å². The summed E-state index contributed by atoms with van der Waals surface area (Å²) < 4.78 is 43.2. The van der Waals surface area contributed by atoms with Crippen LogP contribution in [-0.4, -0.2) is 29.7 Å². The van der Waals surface area contributed by atoms with Crippen molar-refractivity contribution < 1.29 is 17.9 Å². The molecule has 0 aromatic carbocycles. The van der Waals surface area contributed by atoms with E-state index in [1.807, 2.05) is 0 Å². The zero-order valence-corrected chi connectivity index (χ0v) is 9.40. The lowest BCUT2D eigenvalue weighted by Gasteiger charge is -2.21. The quantitative estimate of drug-likeness (QED) is 0.838. The van der Waals surface area contributed by atoms with Crippen molar-refractivity contribution in [2.45, 2.75) is 25.6 Å². The van der Waals surface area contributed by atoms with E-state index in [2.05, 4.69) is 15.3 Å². The van der Waals surface area contributed by atoms with Gasteiger partial charge < -0.3 is 15.0 Å². The molecule has 2 N–H and O–H groups in total. The average molecular weight is 249 g/mol. The van der Waals surface area contributed by atoms with Crippen LogP contribution in [0, 0.1) is 0 Å². The first kappa shape index (κ1) is 12.4. The molecule has 17 heavy (non-hydrogen) atoms.